The monoisotopic (exact) mass is 419 g/mol. The first kappa shape index (κ1) is 21.6. The minimum atomic E-state index is -0.749. The number of carbonyl (C=O) groups excluding carboxylic acids is 3. The fraction of sp³-hybridized carbons (Fsp3) is 0.591. The number of fused-ring (bicyclic) bond motifs is 1. The van der Waals surface area contributed by atoms with E-state index in [1.54, 1.807) is 25.1 Å². The first-order valence-corrected chi connectivity index (χ1v) is 10.9. The van der Waals surface area contributed by atoms with E-state index in [1.807, 2.05) is 13.8 Å². The molecule has 3 rings (SSSR count). The average molecular weight is 420 g/mol. The van der Waals surface area contributed by atoms with Gasteiger partial charge in [0.15, 0.2) is 0 Å². The van der Waals surface area contributed by atoms with Gasteiger partial charge in [0.1, 0.15) is 12.1 Å². The van der Waals surface area contributed by atoms with Crippen molar-refractivity contribution in [2.45, 2.75) is 77.4 Å². The quantitative estimate of drug-likeness (QED) is 0.757. The van der Waals surface area contributed by atoms with E-state index in [-0.39, 0.29) is 29.7 Å². The van der Waals surface area contributed by atoms with Crippen LogP contribution in [0.1, 0.15) is 69.7 Å². The van der Waals surface area contributed by atoms with Crippen LogP contribution in [0, 0.1) is 5.92 Å². The number of halogens is 1. The van der Waals surface area contributed by atoms with E-state index in [0.29, 0.717) is 22.7 Å². The SMILES string of the molecule is CC(C)CC1C(=O)Nc2cc(Cl)ccc2C(=O)N1C(C)C(=O)NC1CCCCC1. The van der Waals surface area contributed by atoms with Crippen molar-refractivity contribution in [3.63, 3.8) is 0 Å². The largest absolute Gasteiger partial charge is 0.352 e. The molecular formula is C22H30ClN3O3. The highest BCUT2D eigenvalue weighted by molar-refractivity contribution is 6.31. The van der Waals surface area contributed by atoms with Crippen LogP contribution in [0.4, 0.5) is 5.69 Å². The van der Waals surface area contributed by atoms with E-state index in [0.717, 1.165) is 25.7 Å². The van der Waals surface area contributed by atoms with Crippen LogP contribution in [-0.2, 0) is 9.59 Å². The van der Waals surface area contributed by atoms with Gasteiger partial charge in [0, 0.05) is 11.1 Å². The summed E-state index contributed by atoms with van der Waals surface area (Å²) in [5.74, 6) is -0.638. The van der Waals surface area contributed by atoms with Crippen LogP contribution < -0.4 is 10.6 Å². The van der Waals surface area contributed by atoms with E-state index < -0.39 is 12.1 Å². The highest BCUT2D eigenvalue weighted by Gasteiger charge is 2.40. The molecule has 1 aliphatic heterocycles. The van der Waals surface area contributed by atoms with Gasteiger partial charge >= 0.3 is 0 Å². The zero-order valence-electron chi connectivity index (χ0n) is 17.3. The molecule has 1 aromatic rings. The summed E-state index contributed by atoms with van der Waals surface area (Å²) in [5.41, 5.74) is 0.745. The van der Waals surface area contributed by atoms with Gasteiger partial charge in [-0.3, -0.25) is 14.4 Å². The third-order valence-corrected chi connectivity index (χ3v) is 6.02. The maximum absolute atomic E-state index is 13.4. The van der Waals surface area contributed by atoms with Gasteiger partial charge in [-0.2, -0.15) is 0 Å². The summed E-state index contributed by atoms with van der Waals surface area (Å²) in [4.78, 5) is 40.9. The summed E-state index contributed by atoms with van der Waals surface area (Å²) in [6, 6.07) is 3.48. The predicted molar refractivity (Wildman–Crippen MR) is 114 cm³/mol. The summed E-state index contributed by atoms with van der Waals surface area (Å²) >= 11 is 6.06. The van der Waals surface area contributed by atoms with Crippen molar-refractivity contribution < 1.29 is 14.4 Å². The number of carbonyl (C=O) groups is 3. The second-order valence-corrected chi connectivity index (χ2v) is 8.99. The van der Waals surface area contributed by atoms with Crippen LogP contribution in [-0.4, -0.2) is 40.7 Å². The molecular weight excluding hydrogens is 390 g/mol. The zero-order chi connectivity index (χ0) is 21.1. The molecule has 3 amide bonds. The molecule has 1 fully saturated rings. The number of hydrogen-bond acceptors (Lipinski definition) is 3. The van der Waals surface area contributed by atoms with Gasteiger partial charge in [0.25, 0.3) is 5.91 Å². The fourth-order valence-corrected chi connectivity index (χ4v) is 4.41. The molecule has 7 heteroatoms. The van der Waals surface area contributed by atoms with Gasteiger partial charge in [-0.1, -0.05) is 44.7 Å². The predicted octanol–water partition coefficient (Wildman–Crippen LogP) is 3.99. The van der Waals surface area contributed by atoms with Crippen LogP contribution >= 0.6 is 11.6 Å². The van der Waals surface area contributed by atoms with Gasteiger partial charge in [0.05, 0.1) is 11.3 Å². The highest BCUT2D eigenvalue weighted by Crippen LogP contribution is 2.30. The van der Waals surface area contributed by atoms with E-state index in [9.17, 15) is 14.4 Å². The Labute approximate surface area is 177 Å². The van der Waals surface area contributed by atoms with Crippen LogP contribution in [0.25, 0.3) is 0 Å². The Bertz CT molecular complexity index is 790. The zero-order valence-corrected chi connectivity index (χ0v) is 18.1. The number of amides is 3. The topological polar surface area (TPSA) is 78.5 Å². The Hall–Kier alpha value is -2.08. The molecule has 1 heterocycles. The smallest absolute Gasteiger partial charge is 0.257 e. The Morgan fingerprint density at radius 1 is 1.21 bits per heavy atom. The van der Waals surface area contributed by atoms with Crippen molar-refractivity contribution in [3.8, 4) is 0 Å². The van der Waals surface area contributed by atoms with E-state index in [4.69, 9.17) is 11.6 Å². The van der Waals surface area contributed by atoms with E-state index in [1.165, 1.54) is 11.3 Å². The van der Waals surface area contributed by atoms with Crippen molar-refractivity contribution in [2.75, 3.05) is 5.32 Å². The number of nitrogens with zero attached hydrogens (tertiary/aromatic N) is 1. The molecule has 0 spiro atoms. The van der Waals surface area contributed by atoms with Crippen LogP contribution in [0.15, 0.2) is 18.2 Å². The molecule has 6 nitrogen and oxygen atoms in total. The molecule has 1 aromatic carbocycles. The van der Waals surface area contributed by atoms with Crippen molar-refractivity contribution in [1.29, 1.82) is 0 Å². The summed E-state index contributed by atoms with van der Waals surface area (Å²) in [7, 11) is 0. The average Bonchev–Trinajstić information content (AvgIpc) is 2.76. The van der Waals surface area contributed by atoms with Crippen molar-refractivity contribution in [1.82, 2.24) is 10.2 Å². The molecule has 29 heavy (non-hydrogen) atoms. The lowest BCUT2D eigenvalue weighted by atomic mass is 9.95. The van der Waals surface area contributed by atoms with Crippen LogP contribution in [0.2, 0.25) is 5.02 Å². The number of rotatable bonds is 5. The van der Waals surface area contributed by atoms with Crippen molar-refractivity contribution in [2.24, 2.45) is 5.92 Å². The number of hydrogen-bond donors (Lipinski definition) is 2. The summed E-state index contributed by atoms with van der Waals surface area (Å²) in [6.45, 7) is 5.70. The molecule has 2 aliphatic rings. The maximum Gasteiger partial charge on any atom is 0.257 e. The Morgan fingerprint density at radius 2 is 1.90 bits per heavy atom. The minimum Gasteiger partial charge on any atom is -0.352 e. The molecule has 0 radical (unpaired) electrons. The molecule has 0 saturated heterocycles. The van der Waals surface area contributed by atoms with Crippen LogP contribution in [0.3, 0.4) is 0 Å². The third kappa shape index (κ3) is 4.92. The lowest BCUT2D eigenvalue weighted by Gasteiger charge is -2.35. The van der Waals surface area contributed by atoms with Gasteiger partial charge in [0.2, 0.25) is 11.8 Å². The molecule has 0 aromatic heterocycles. The summed E-state index contributed by atoms with van der Waals surface area (Å²) < 4.78 is 0. The van der Waals surface area contributed by atoms with Crippen molar-refractivity contribution in [3.05, 3.63) is 28.8 Å². The Morgan fingerprint density at radius 3 is 2.55 bits per heavy atom. The molecule has 1 saturated carbocycles. The van der Waals surface area contributed by atoms with E-state index in [2.05, 4.69) is 10.6 Å². The standard InChI is InChI=1S/C22H30ClN3O3/c1-13(2)11-19-21(28)25-18-12-15(23)9-10-17(18)22(29)26(19)14(3)20(27)24-16-7-5-4-6-8-16/h9-10,12-14,16,19H,4-8,11H2,1-3H3,(H,24,27)(H,25,28). The normalized spacial score (nSPS) is 21.4. The maximum atomic E-state index is 13.4. The molecule has 2 unspecified atom stereocenters. The first-order chi connectivity index (χ1) is 13.8. The first-order valence-electron chi connectivity index (χ1n) is 10.5. The Kier molecular flexibility index (Phi) is 6.83. The lowest BCUT2D eigenvalue weighted by Crippen LogP contribution is -2.56. The van der Waals surface area contributed by atoms with Gasteiger partial charge in [-0.05, 0) is 50.3 Å². The Balaban J connectivity index is 1.91. The summed E-state index contributed by atoms with van der Waals surface area (Å²) in [5, 5.41) is 6.37. The second-order valence-electron chi connectivity index (χ2n) is 8.56. The lowest BCUT2D eigenvalue weighted by molar-refractivity contribution is -0.129. The fourth-order valence-electron chi connectivity index (χ4n) is 4.24. The number of benzene rings is 1. The second kappa shape index (κ2) is 9.16. The molecule has 2 N–H and O–H groups in total. The van der Waals surface area contributed by atoms with Crippen molar-refractivity contribution >= 4 is 35.0 Å². The number of nitrogens with one attached hydrogen (secondary N) is 2. The van der Waals surface area contributed by atoms with Gasteiger partial charge in [-0.25, -0.2) is 0 Å². The molecule has 1 aliphatic carbocycles. The van der Waals surface area contributed by atoms with Gasteiger partial charge in [-0.15, -0.1) is 0 Å². The molecule has 0 bridgehead atoms. The third-order valence-electron chi connectivity index (χ3n) is 5.79. The minimum absolute atomic E-state index is 0.143. The highest BCUT2D eigenvalue weighted by atomic mass is 35.5. The van der Waals surface area contributed by atoms with Crippen LogP contribution in [0.5, 0.6) is 0 Å². The van der Waals surface area contributed by atoms with Gasteiger partial charge < -0.3 is 15.5 Å². The summed E-state index contributed by atoms with van der Waals surface area (Å²) in [6.07, 6.45) is 5.80. The molecule has 2 atom stereocenters. The molecule has 158 valence electrons. The van der Waals surface area contributed by atoms with E-state index >= 15 is 0 Å². The number of anilines is 1.